The lowest BCUT2D eigenvalue weighted by molar-refractivity contribution is 0.0251. The molecule has 1 heteroatoms. The van der Waals surface area contributed by atoms with Gasteiger partial charge in [-0.25, -0.2) is 0 Å². The Morgan fingerprint density at radius 1 is 1.31 bits per heavy atom. The lowest BCUT2D eigenvalue weighted by atomic mass is 9.74. The average molecular weight is 180 g/mol. The summed E-state index contributed by atoms with van der Waals surface area (Å²) >= 11 is 0. The molecule has 0 aliphatic heterocycles. The largest absolute Gasteiger partial charge is 0.385 e. The quantitative estimate of drug-likeness (QED) is 0.692. The van der Waals surface area contributed by atoms with Gasteiger partial charge in [0.05, 0.1) is 5.60 Å². The van der Waals surface area contributed by atoms with Crippen LogP contribution in [-0.4, -0.2) is 10.7 Å². The number of hydrogen-bond donors (Lipinski definition) is 1. The minimum atomic E-state index is -0.608. The SMILES string of the molecule is CC(C)C1=CC=CCC1(O)C(C)C. The molecule has 0 saturated heterocycles. The van der Waals surface area contributed by atoms with Crippen LogP contribution in [0, 0.1) is 11.8 Å². The smallest absolute Gasteiger partial charge is 0.0919 e. The zero-order chi connectivity index (χ0) is 10.1. The number of aliphatic hydroxyl groups is 1. The molecule has 0 aromatic rings. The van der Waals surface area contributed by atoms with Crippen molar-refractivity contribution in [3.05, 3.63) is 23.8 Å². The molecule has 1 rings (SSSR count). The molecule has 1 N–H and O–H groups in total. The molecular formula is C12H20O. The molecule has 1 unspecified atom stereocenters. The van der Waals surface area contributed by atoms with Crippen molar-refractivity contribution in [1.29, 1.82) is 0 Å². The van der Waals surface area contributed by atoms with Crippen LogP contribution in [0.3, 0.4) is 0 Å². The van der Waals surface area contributed by atoms with Gasteiger partial charge in [-0.1, -0.05) is 45.9 Å². The third kappa shape index (κ3) is 1.86. The molecule has 0 radical (unpaired) electrons. The predicted octanol–water partition coefficient (Wildman–Crippen LogP) is 2.92. The minimum absolute atomic E-state index is 0.283. The van der Waals surface area contributed by atoms with Gasteiger partial charge < -0.3 is 5.11 Å². The molecular weight excluding hydrogens is 160 g/mol. The maximum Gasteiger partial charge on any atom is 0.0919 e. The summed E-state index contributed by atoms with van der Waals surface area (Å²) in [6, 6.07) is 0. The van der Waals surface area contributed by atoms with Gasteiger partial charge in [-0.15, -0.1) is 0 Å². The monoisotopic (exact) mass is 180 g/mol. The highest BCUT2D eigenvalue weighted by Gasteiger charge is 2.36. The lowest BCUT2D eigenvalue weighted by Gasteiger charge is -2.37. The molecule has 0 heterocycles. The Morgan fingerprint density at radius 3 is 2.31 bits per heavy atom. The Hall–Kier alpha value is -0.560. The molecule has 1 aliphatic carbocycles. The van der Waals surface area contributed by atoms with E-state index in [1.807, 2.05) is 12.2 Å². The van der Waals surface area contributed by atoms with Crippen LogP contribution in [-0.2, 0) is 0 Å². The van der Waals surface area contributed by atoms with Gasteiger partial charge in [-0.05, 0) is 23.8 Å². The highest BCUT2D eigenvalue weighted by molar-refractivity contribution is 5.30. The highest BCUT2D eigenvalue weighted by Crippen LogP contribution is 2.36. The molecule has 0 aromatic carbocycles. The van der Waals surface area contributed by atoms with Crippen LogP contribution in [0.5, 0.6) is 0 Å². The van der Waals surface area contributed by atoms with Crippen molar-refractivity contribution in [2.75, 3.05) is 0 Å². The van der Waals surface area contributed by atoms with Gasteiger partial charge in [0.1, 0.15) is 0 Å². The molecule has 1 aliphatic rings. The van der Waals surface area contributed by atoms with Gasteiger partial charge >= 0.3 is 0 Å². The van der Waals surface area contributed by atoms with Crippen LogP contribution in [0.1, 0.15) is 34.1 Å². The summed E-state index contributed by atoms with van der Waals surface area (Å²) in [5.74, 6) is 0.712. The molecule has 0 spiro atoms. The number of rotatable bonds is 2. The van der Waals surface area contributed by atoms with Crippen LogP contribution in [0.2, 0.25) is 0 Å². The van der Waals surface area contributed by atoms with Crippen molar-refractivity contribution >= 4 is 0 Å². The van der Waals surface area contributed by atoms with Crippen LogP contribution >= 0.6 is 0 Å². The van der Waals surface area contributed by atoms with Gasteiger partial charge in [-0.2, -0.15) is 0 Å². The molecule has 0 aromatic heterocycles. The summed E-state index contributed by atoms with van der Waals surface area (Å²) in [5, 5.41) is 10.5. The number of allylic oxidation sites excluding steroid dienone is 2. The van der Waals surface area contributed by atoms with E-state index in [-0.39, 0.29) is 5.92 Å². The summed E-state index contributed by atoms with van der Waals surface area (Å²) in [6.07, 6.45) is 6.92. The Labute approximate surface area is 81.2 Å². The lowest BCUT2D eigenvalue weighted by Crippen LogP contribution is -2.39. The van der Waals surface area contributed by atoms with Crippen molar-refractivity contribution in [3.63, 3.8) is 0 Å². The van der Waals surface area contributed by atoms with Crippen molar-refractivity contribution in [2.24, 2.45) is 11.8 Å². The van der Waals surface area contributed by atoms with E-state index in [0.717, 1.165) is 6.42 Å². The van der Waals surface area contributed by atoms with E-state index in [1.54, 1.807) is 0 Å². The van der Waals surface area contributed by atoms with Gasteiger partial charge in [0.2, 0.25) is 0 Å². The maximum absolute atomic E-state index is 10.5. The van der Waals surface area contributed by atoms with Crippen LogP contribution in [0.4, 0.5) is 0 Å². The van der Waals surface area contributed by atoms with E-state index in [9.17, 15) is 5.11 Å². The van der Waals surface area contributed by atoms with Crippen molar-refractivity contribution < 1.29 is 5.11 Å². The Bertz CT molecular complexity index is 236. The molecule has 0 amide bonds. The van der Waals surface area contributed by atoms with Gasteiger partial charge in [0.15, 0.2) is 0 Å². The molecule has 13 heavy (non-hydrogen) atoms. The van der Waals surface area contributed by atoms with E-state index in [1.165, 1.54) is 5.57 Å². The summed E-state index contributed by atoms with van der Waals surface area (Å²) in [5.41, 5.74) is 0.563. The van der Waals surface area contributed by atoms with Gasteiger partial charge in [-0.3, -0.25) is 0 Å². The fourth-order valence-electron chi connectivity index (χ4n) is 1.94. The normalized spacial score (nSPS) is 28.4. The zero-order valence-corrected chi connectivity index (χ0v) is 9.04. The second-order valence-corrected chi connectivity index (χ2v) is 4.49. The maximum atomic E-state index is 10.5. The second kappa shape index (κ2) is 3.67. The first-order valence-corrected chi connectivity index (χ1v) is 5.08. The van der Waals surface area contributed by atoms with Crippen LogP contribution in [0.15, 0.2) is 23.8 Å². The van der Waals surface area contributed by atoms with E-state index in [0.29, 0.717) is 5.92 Å². The Kier molecular flexibility index (Phi) is 2.97. The minimum Gasteiger partial charge on any atom is -0.385 e. The number of hydrogen-bond acceptors (Lipinski definition) is 1. The molecule has 1 atom stereocenters. The summed E-state index contributed by atoms with van der Waals surface area (Å²) in [4.78, 5) is 0. The summed E-state index contributed by atoms with van der Waals surface area (Å²) in [6.45, 7) is 8.43. The van der Waals surface area contributed by atoms with Gasteiger partial charge in [0, 0.05) is 0 Å². The van der Waals surface area contributed by atoms with Crippen LogP contribution in [0.25, 0.3) is 0 Å². The molecule has 0 fully saturated rings. The first-order chi connectivity index (χ1) is 5.98. The summed E-state index contributed by atoms with van der Waals surface area (Å²) < 4.78 is 0. The van der Waals surface area contributed by atoms with E-state index < -0.39 is 5.60 Å². The van der Waals surface area contributed by atoms with E-state index in [4.69, 9.17) is 0 Å². The average Bonchev–Trinajstić information content (AvgIpc) is 2.04. The summed E-state index contributed by atoms with van der Waals surface area (Å²) in [7, 11) is 0. The predicted molar refractivity (Wildman–Crippen MR) is 56.5 cm³/mol. The Balaban J connectivity index is 2.99. The third-order valence-electron chi connectivity index (χ3n) is 2.92. The topological polar surface area (TPSA) is 20.2 Å². The third-order valence-corrected chi connectivity index (χ3v) is 2.92. The molecule has 0 bridgehead atoms. The first kappa shape index (κ1) is 10.5. The first-order valence-electron chi connectivity index (χ1n) is 5.08. The van der Waals surface area contributed by atoms with Crippen molar-refractivity contribution in [2.45, 2.75) is 39.7 Å². The molecule has 1 nitrogen and oxygen atoms in total. The molecule has 0 saturated carbocycles. The van der Waals surface area contributed by atoms with E-state index >= 15 is 0 Å². The highest BCUT2D eigenvalue weighted by atomic mass is 16.3. The van der Waals surface area contributed by atoms with E-state index in [2.05, 4.69) is 33.8 Å². The fraction of sp³-hybridized carbons (Fsp3) is 0.667. The standard InChI is InChI=1S/C12H20O/c1-9(2)11-7-5-6-8-12(11,13)10(3)4/h5-7,9-10,13H,8H2,1-4H3. The fourth-order valence-corrected chi connectivity index (χ4v) is 1.94. The van der Waals surface area contributed by atoms with Gasteiger partial charge in [0.25, 0.3) is 0 Å². The van der Waals surface area contributed by atoms with Crippen LogP contribution < -0.4 is 0 Å². The Morgan fingerprint density at radius 2 is 1.92 bits per heavy atom. The molecule has 74 valence electrons. The van der Waals surface area contributed by atoms with Crippen molar-refractivity contribution in [3.8, 4) is 0 Å². The second-order valence-electron chi connectivity index (χ2n) is 4.49. The van der Waals surface area contributed by atoms with Crippen molar-refractivity contribution in [1.82, 2.24) is 0 Å². The zero-order valence-electron chi connectivity index (χ0n) is 9.04.